The molecule has 0 aliphatic rings. The number of rotatable bonds is 5. The van der Waals surface area contributed by atoms with E-state index in [0.29, 0.717) is 33.5 Å². The maximum absolute atomic E-state index is 6.08. The number of hydrogen-bond donors (Lipinski definition) is 2. The molecule has 0 fully saturated rings. The molecule has 1 unspecified atom stereocenters. The maximum Gasteiger partial charge on any atom is 0.147 e. The van der Waals surface area contributed by atoms with Crippen LogP contribution in [-0.4, -0.2) is 18.6 Å². The van der Waals surface area contributed by atoms with Crippen LogP contribution in [0.25, 0.3) is 0 Å². The lowest BCUT2D eigenvalue weighted by molar-refractivity contribution is 0.439. The lowest BCUT2D eigenvalue weighted by atomic mass is 9.98. The summed E-state index contributed by atoms with van der Waals surface area (Å²) in [5.41, 5.74) is 0. The molecule has 1 rings (SSSR count). The fourth-order valence-electron chi connectivity index (χ4n) is 1.26. The van der Waals surface area contributed by atoms with Crippen LogP contribution >= 0.6 is 23.2 Å². The van der Waals surface area contributed by atoms with E-state index in [9.17, 15) is 0 Å². The van der Waals surface area contributed by atoms with E-state index in [2.05, 4.69) is 36.4 Å². The first-order valence-electron chi connectivity index (χ1n) is 5.73. The Morgan fingerprint density at radius 2 is 1.76 bits per heavy atom. The van der Waals surface area contributed by atoms with Crippen molar-refractivity contribution in [2.45, 2.75) is 20.8 Å². The van der Waals surface area contributed by atoms with Gasteiger partial charge >= 0.3 is 0 Å². The summed E-state index contributed by atoms with van der Waals surface area (Å²) >= 11 is 12.1. The van der Waals surface area contributed by atoms with Gasteiger partial charge in [0.25, 0.3) is 0 Å². The summed E-state index contributed by atoms with van der Waals surface area (Å²) in [6, 6.07) is 1.70. The van der Waals surface area contributed by atoms with Crippen molar-refractivity contribution >= 4 is 34.8 Å². The molecule has 0 spiro atoms. The van der Waals surface area contributed by atoms with E-state index in [1.54, 1.807) is 13.1 Å². The number of halogens is 2. The molecule has 2 N–H and O–H groups in total. The highest BCUT2D eigenvalue weighted by Crippen LogP contribution is 2.29. The Balaban J connectivity index is 2.77. The topological polar surface area (TPSA) is 37.0 Å². The minimum atomic E-state index is 0.528. The summed E-state index contributed by atoms with van der Waals surface area (Å²) in [6.07, 6.45) is 0. The van der Waals surface area contributed by atoms with Gasteiger partial charge in [-0.05, 0) is 17.9 Å². The number of nitrogens with zero attached hydrogens (tertiary/aromatic N) is 1. The molecule has 0 aliphatic heterocycles. The summed E-state index contributed by atoms with van der Waals surface area (Å²) in [4.78, 5) is 4.34. The van der Waals surface area contributed by atoms with Crippen LogP contribution in [0.15, 0.2) is 6.07 Å². The normalized spacial score (nSPS) is 12.6. The van der Waals surface area contributed by atoms with Crippen molar-refractivity contribution in [3.63, 3.8) is 0 Å². The minimum absolute atomic E-state index is 0.528. The molecule has 17 heavy (non-hydrogen) atoms. The predicted molar refractivity (Wildman–Crippen MR) is 76.3 cm³/mol. The molecule has 0 aromatic carbocycles. The van der Waals surface area contributed by atoms with Crippen molar-refractivity contribution in [3.8, 4) is 0 Å². The highest BCUT2D eigenvalue weighted by molar-refractivity contribution is 6.37. The van der Waals surface area contributed by atoms with Crippen molar-refractivity contribution in [1.82, 2.24) is 4.98 Å². The summed E-state index contributed by atoms with van der Waals surface area (Å²) in [6.45, 7) is 7.43. The largest absolute Gasteiger partial charge is 0.372 e. The molecule has 0 aliphatic carbocycles. The van der Waals surface area contributed by atoms with E-state index in [1.807, 2.05) is 0 Å². The van der Waals surface area contributed by atoms with Gasteiger partial charge in [0.2, 0.25) is 0 Å². The molecule has 0 saturated heterocycles. The molecule has 0 saturated carbocycles. The molecule has 0 bridgehead atoms. The van der Waals surface area contributed by atoms with E-state index in [-0.39, 0.29) is 0 Å². The standard InChI is InChI=1S/C12H19Cl2N3/c1-7(2)8(3)6-16-12-10(14)5-9(13)11(15-4)17-12/h5,7-8H,6H2,1-4H3,(H2,15,16,17). The second-order valence-electron chi connectivity index (χ2n) is 4.50. The Kier molecular flexibility index (Phi) is 5.34. The Labute approximate surface area is 113 Å². The van der Waals surface area contributed by atoms with Gasteiger partial charge in [-0.15, -0.1) is 0 Å². The van der Waals surface area contributed by atoms with Crippen LogP contribution in [0.5, 0.6) is 0 Å². The molecule has 1 atom stereocenters. The van der Waals surface area contributed by atoms with Gasteiger partial charge in [-0.1, -0.05) is 44.0 Å². The molecular weight excluding hydrogens is 257 g/mol. The second kappa shape index (κ2) is 6.31. The maximum atomic E-state index is 6.08. The smallest absolute Gasteiger partial charge is 0.147 e. The average Bonchev–Trinajstić information content (AvgIpc) is 2.27. The quantitative estimate of drug-likeness (QED) is 0.848. The molecular formula is C12H19Cl2N3. The fraction of sp³-hybridized carbons (Fsp3) is 0.583. The number of aromatic nitrogens is 1. The van der Waals surface area contributed by atoms with Gasteiger partial charge in [0.05, 0.1) is 10.0 Å². The van der Waals surface area contributed by atoms with Crippen LogP contribution in [0.3, 0.4) is 0 Å². The average molecular weight is 276 g/mol. The first kappa shape index (κ1) is 14.4. The van der Waals surface area contributed by atoms with Crippen LogP contribution in [0, 0.1) is 11.8 Å². The molecule has 5 heteroatoms. The number of hydrogen-bond acceptors (Lipinski definition) is 3. The van der Waals surface area contributed by atoms with E-state index >= 15 is 0 Å². The van der Waals surface area contributed by atoms with Crippen molar-refractivity contribution in [2.24, 2.45) is 11.8 Å². The molecule has 1 aromatic heterocycles. The van der Waals surface area contributed by atoms with Crippen LogP contribution in [0.1, 0.15) is 20.8 Å². The molecule has 1 aromatic rings. The van der Waals surface area contributed by atoms with Crippen LogP contribution in [-0.2, 0) is 0 Å². The number of nitrogens with one attached hydrogen (secondary N) is 2. The van der Waals surface area contributed by atoms with Gasteiger partial charge < -0.3 is 10.6 Å². The highest BCUT2D eigenvalue weighted by Gasteiger charge is 2.11. The highest BCUT2D eigenvalue weighted by atomic mass is 35.5. The third kappa shape index (κ3) is 3.93. The third-order valence-electron chi connectivity index (χ3n) is 2.90. The van der Waals surface area contributed by atoms with Gasteiger partial charge in [-0.25, -0.2) is 4.98 Å². The van der Waals surface area contributed by atoms with Gasteiger partial charge in [0.15, 0.2) is 0 Å². The zero-order valence-corrected chi connectivity index (χ0v) is 12.2. The molecule has 1 heterocycles. The van der Waals surface area contributed by atoms with Crippen molar-refractivity contribution in [2.75, 3.05) is 24.2 Å². The first-order valence-corrected chi connectivity index (χ1v) is 6.49. The predicted octanol–water partition coefficient (Wildman–Crippen LogP) is 4.13. The minimum Gasteiger partial charge on any atom is -0.372 e. The van der Waals surface area contributed by atoms with Gasteiger partial charge in [0, 0.05) is 13.6 Å². The number of pyridine rings is 1. The van der Waals surface area contributed by atoms with Gasteiger partial charge in [0.1, 0.15) is 11.6 Å². The summed E-state index contributed by atoms with van der Waals surface area (Å²) in [7, 11) is 1.78. The van der Waals surface area contributed by atoms with E-state index in [0.717, 1.165) is 6.54 Å². The van der Waals surface area contributed by atoms with E-state index in [4.69, 9.17) is 23.2 Å². The molecule has 0 amide bonds. The Hall–Kier alpha value is -0.670. The molecule has 96 valence electrons. The van der Waals surface area contributed by atoms with Gasteiger partial charge in [-0.3, -0.25) is 0 Å². The van der Waals surface area contributed by atoms with Crippen LogP contribution in [0.2, 0.25) is 10.0 Å². The zero-order valence-electron chi connectivity index (χ0n) is 10.6. The van der Waals surface area contributed by atoms with Crippen molar-refractivity contribution in [3.05, 3.63) is 16.1 Å². The lowest BCUT2D eigenvalue weighted by Crippen LogP contribution is -2.17. The van der Waals surface area contributed by atoms with E-state index in [1.165, 1.54) is 0 Å². The Bertz CT molecular complexity index is 380. The summed E-state index contributed by atoms with van der Waals surface area (Å²) < 4.78 is 0. The number of anilines is 2. The Morgan fingerprint density at radius 3 is 2.29 bits per heavy atom. The summed E-state index contributed by atoms with van der Waals surface area (Å²) in [5, 5.41) is 7.26. The van der Waals surface area contributed by atoms with E-state index < -0.39 is 0 Å². The molecule has 3 nitrogen and oxygen atoms in total. The Morgan fingerprint density at radius 1 is 1.18 bits per heavy atom. The van der Waals surface area contributed by atoms with Crippen LogP contribution < -0.4 is 10.6 Å². The second-order valence-corrected chi connectivity index (χ2v) is 5.32. The fourth-order valence-corrected chi connectivity index (χ4v) is 1.78. The van der Waals surface area contributed by atoms with Crippen molar-refractivity contribution < 1.29 is 0 Å². The third-order valence-corrected chi connectivity index (χ3v) is 3.47. The SMILES string of the molecule is CNc1nc(NCC(C)C(C)C)c(Cl)cc1Cl. The van der Waals surface area contributed by atoms with Crippen LogP contribution in [0.4, 0.5) is 11.6 Å². The summed E-state index contributed by atoms with van der Waals surface area (Å²) in [5.74, 6) is 2.49. The molecule has 0 radical (unpaired) electrons. The first-order chi connectivity index (χ1) is 7.95. The van der Waals surface area contributed by atoms with Gasteiger partial charge in [-0.2, -0.15) is 0 Å². The zero-order chi connectivity index (χ0) is 13.0. The lowest BCUT2D eigenvalue weighted by Gasteiger charge is -2.17. The van der Waals surface area contributed by atoms with Crippen molar-refractivity contribution in [1.29, 1.82) is 0 Å². The monoisotopic (exact) mass is 275 g/mol.